The summed E-state index contributed by atoms with van der Waals surface area (Å²) >= 11 is 0. The number of alkyl carbamates (subject to hydrolysis) is 1. The first-order valence-corrected chi connectivity index (χ1v) is 10.1. The normalized spacial score (nSPS) is 11.9. The maximum atomic E-state index is 12.4. The Kier molecular flexibility index (Phi) is 6.62. The van der Waals surface area contributed by atoms with Crippen molar-refractivity contribution >= 4 is 16.1 Å². The maximum absolute atomic E-state index is 12.4. The van der Waals surface area contributed by atoms with Gasteiger partial charge in [-0.2, -0.15) is 0 Å². The van der Waals surface area contributed by atoms with Gasteiger partial charge in [0.1, 0.15) is 5.60 Å². The summed E-state index contributed by atoms with van der Waals surface area (Å²) in [5, 5.41) is 2.69. The number of amides is 1. The SMILES string of the molecule is Cc1ccc(S(=O)(=O)NCc2cccc(CNC(=O)OC(C)(C)C)c2)cc1. The summed E-state index contributed by atoms with van der Waals surface area (Å²) in [4.78, 5) is 12.0. The summed E-state index contributed by atoms with van der Waals surface area (Å²) in [6, 6.07) is 14.0. The number of carbonyl (C=O) groups is 1. The predicted molar refractivity (Wildman–Crippen MR) is 105 cm³/mol. The zero-order valence-corrected chi connectivity index (χ0v) is 16.9. The first-order valence-electron chi connectivity index (χ1n) is 8.66. The fraction of sp³-hybridized carbons (Fsp3) is 0.350. The van der Waals surface area contributed by atoms with Gasteiger partial charge in [-0.3, -0.25) is 0 Å². The van der Waals surface area contributed by atoms with Gasteiger partial charge in [-0.1, -0.05) is 42.0 Å². The molecule has 0 radical (unpaired) electrons. The molecule has 0 aliphatic carbocycles. The molecule has 0 aromatic heterocycles. The molecule has 27 heavy (non-hydrogen) atoms. The van der Waals surface area contributed by atoms with E-state index in [4.69, 9.17) is 4.74 Å². The number of benzene rings is 2. The van der Waals surface area contributed by atoms with Crippen molar-refractivity contribution < 1.29 is 17.9 Å². The number of carbonyl (C=O) groups excluding carboxylic acids is 1. The first kappa shape index (κ1) is 20.9. The van der Waals surface area contributed by atoms with E-state index in [1.54, 1.807) is 45.0 Å². The maximum Gasteiger partial charge on any atom is 0.407 e. The molecule has 6 nitrogen and oxygen atoms in total. The fourth-order valence-corrected chi connectivity index (χ4v) is 3.33. The number of sulfonamides is 1. The van der Waals surface area contributed by atoms with Gasteiger partial charge < -0.3 is 10.1 Å². The van der Waals surface area contributed by atoms with E-state index in [1.165, 1.54) is 0 Å². The second-order valence-corrected chi connectivity index (χ2v) is 9.08. The quantitative estimate of drug-likeness (QED) is 0.791. The zero-order valence-electron chi connectivity index (χ0n) is 16.1. The van der Waals surface area contributed by atoms with Crippen LogP contribution in [-0.4, -0.2) is 20.1 Å². The van der Waals surface area contributed by atoms with Crippen LogP contribution in [0, 0.1) is 6.92 Å². The number of aryl methyl sites for hydroxylation is 1. The monoisotopic (exact) mass is 390 g/mol. The Labute approximate surface area is 161 Å². The molecule has 2 rings (SSSR count). The number of hydrogen-bond donors (Lipinski definition) is 2. The minimum atomic E-state index is -3.57. The average Bonchev–Trinajstić information content (AvgIpc) is 2.58. The van der Waals surface area contributed by atoms with Crippen molar-refractivity contribution in [2.24, 2.45) is 0 Å². The van der Waals surface area contributed by atoms with E-state index in [9.17, 15) is 13.2 Å². The van der Waals surface area contributed by atoms with Crippen LogP contribution in [0.1, 0.15) is 37.5 Å². The third-order valence-corrected chi connectivity index (χ3v) is 5.04. The number of hydrogen-bond acceptors (Lipinski definition) is 4. The van der Waals surface area contributed by atoms with Crippen molar-refractivity contribution in [2.75, 3.05) is 0 Å². The Morgan fingerprint density at radius 1 is 1.00 bits per heavy atom. The van der Waals surface area contributed by atoms with E-state index in [0.717, 1.165) is 16.7 Å². The lowest BCUT2D eigenvalue weighted by Gasteiger charge is -2.19. The smallest absolute Gasteiger partial charge is 0.407 e. The molecule has 0 bridgehead atoms. The highest BCUT2D eigenvalue weighted by atomic mass is 32.2. The lowest BCUT2D eigenvalue weighted by Crippen LogP contribution is -2.32. The molecule has 0 saturated carbocycles. The largest absolute Gasteiger partial charge is 0.444 e. The van der Waals surface area contributed by atoms with Crippen LogP contribution >= 0.6 is 0 Å². The molecule has 0 saturated heterocycles. The Morgan fingerprint density at radius 3 is 2.19 bits per heavy atom. The van der Waals surface area contributed by atoms with Gasteiger partial charge >= 0.3 is 6.09 Å². The fourth-order valence-electron chi connectivity index (χ4n) is 2.32. The molecule has 0 unspecified atom stereocenters. The number of rotatable bonds is 6. The molecule has 0 atom stereocenters. The van der Waals surface area contributed by atoms with E-state index >= 15 is 0 Å². The minimum absolute atomic E-state index is 0.163. The highest BCUT2D eigenvalue weighted by molar-refractivity contribution is 7.89. The van der Waals surface area contributed by atoms with E-state index in [0.29, 0.717) is 6.54 Å². The summed E-state index contributed by atoms with van der Waals surface area (Å²) < 4.78 is 32.5. The average molecular weight is 391 g/mol. The zero-order chi connectivity index (χ0) is 20.1. The lowest BCUT2D eigenvalue weighted by molar-refractivity contribution is 0.0523. The Hall–Kier alpha value is -2.38. The third kappa shape index (κ3) is 7.03. The van der Waals surface area contributed by atoms with Crippen LogP contribution in [0.5, 0.6) is 0 Å². The number of ether oxygens (including phenoxy) is 1. The second kappa shape index (κ2) is 8.54. The number of nitrogens with one attached hydrogen (secondary N) is 2. The molecule has 1 amide bonds. The van der Waals surface area contributed by atoms with Crippen LogP contribution in [0.15, 0.2) is 53.4 Å². The van der Waals surface area contributed by atoms with Crippen LogP contribution in [0.25, 0.3) is 0 Å². The molecule has 7 heteroatoms. The van der Waals surface area contributed by atoms with Gasteiger partial charge in [-0.15, -0.1) is 0 Å². The van der Waals surface area contributed by atoms with Crippen molar-refractivity contribution in [2.45, 2.75) is 51.3 Å². The van der Waals surface area contributed by atoms with Gasteiger partial charge in [-0.05, 0) is 51.0 Å². The van der Waals surface area contributed by atoms with E-state index in [1.807, 2.05) is 31.2 Å². The molecule has 0 heterocycles. The van der Waals surface area contributed by atoms with Crippen molar-refractivity contribution in [1.29, 1.82) is 0 Å². The standard InChI is InChI=1S/C20H26N2O4S/c1-15-8-10-18(11-9-15)27(24,25)22-14-17-7-5-6-16(12-17)13-21-19(23)26-20(2,3)4/h5-12,22H,13-14H2,1-4H3,(H,21,23). The molecular formula is C20H26N2O4S. The van der Waals surface area contributed by atoms with E-state index in [-0.39, 0.29) is 11.4 Å². The van der Waals surface area contributed by atoms with Crippen LogP contribution in [0.2, 0.25) is 0 Å². The van der Waals surface area contributed by atoms with Crippen LogP contribution in [0.3, 0.4) is 0 Å². The Balaban J connectivity index is 1.95. The molecule has 0 aliphatic rings. The van der Waals surface area contributed by atoms with Crippen molar-refractivity contribution in [1.82, 2.24) is 10.0 Å². The van der Waals surface area contributed by atoms with Crippen LogP contribution in [0.4, 0.5) is 4.79 Å². The van der Waals surface area contributed by atoms with Gasteiger partial charge in [0.25, 0.3) is 0 Å². The van der Waals surface area contributed by atoms with Gasteiger partial charge in [0, 0.05) is 13.1 Å². The molecule has 2 aromatic carbocycles. The Bertz CT molecular complexity index is 885. The van der Waals surface area contributed by atoms with Crippen molar-refractivity contribution in [3.05, 3.63) is 65.2 Å². The van der Waals surface area contributed by atoms with Crippen LogP contribution in [-0.2, 0) is 27.8 Å². The molecule has 2 aromatic rings. The summed E-state index contributed by atoms with van der Waals surface area (Å²) in [5.41, 5.74) is 2.10. The third-order valence-electron chi connectivity index (χ3n) is 3.62. The summed E-state index contributed by atoms with van der Waals surface area (Å²) in [7, 11) is -3.57. The minimum Gasteiger partial charge on any atom is -0.444 e. The highest BCUT2D eigenvalue weighted by Crippen LogP contribution is 2.12. The van der Waals surface area contributed by atoms with Gasteiger partial charge in [0.05, 0.1) is 4.90 Å². The summed E-state index contributed by atoms with van der Waals surface area (Å²) in [6.45, 7) is 7.76. The molecule has 0 spiro atoms. The van der Waals surface area contributed by atoms with Crippen molar-refractivity contribution in [3.63, 3.8) is 0 Å². The van der Waals surface area contributed by atoms with Crippen LogP contribution < -0.4 is 10.0 Å². The Morgan fingerprint density at radius 2 is 1.59 bits per heavy atom. The molecular weight excluding hydrogens is 364 g/mol. The molecule has 146 valence electrons. The first-order chi connectivity index (χ1) is 12.5. The van der Waals surface area contributed by atoms with Gasteiger partial charge in [-0.25, -0.2) is 17.9 Å². The van der Waals surface area contributed by atoms with Gasteiger partial charge in [0.15, 0.2) is 0 Å². The van der Waals surface area contributed by atoms with Crippen molar-refractivity contribution in [3.8, 4) is 0 Å². The summed E-state index contributed by atoms with van der Waals surface area (Å²) in [5.74, 6) is 0. The molecule has 0 fully saturated rings. The van der Waals surface area contributed by atoms with E-state index < -0.39 is 21.7 Å². The second-order valence-electron chi connectivity index (χ2n) is 7.31. The molecule has 2 N–H and O–H groups in total. The lowest BCUT2D eigenvalue weighted by atomic mass is 10.1. The summed E-state index contributed by atoms with van der Waals surface area (Å²) in [6.07, 6.45) is -0.493. The topological polar surface area (TPSA) is 84.5 Å². The van der Waals surface area contributed by atoms with Gasteiger partial charge in [0.2, 0.25) is 10.0 Å². The van der Waals surface area contributed by atoms with E-state index in [2.05, 4.69) is 10.0 Å². The molecule has 0 aliphatic heterocycles. The predicted octanol–water partition coefficient (Wildman–Crippen LogP) is 3.50. The highest BCUT2D eigenvalue weighted by Gasteiger charge is 2.16.